The predicted molar refractivity (Wildman–Crippen MR) is 78.0 cm³/mol. The van der Waals surface area contributed by atoms with Gasteiger partial charge in [-0.25, -0.2) is 4.79 Å². The van der Waals surface area contributed by atoms with Gasteiger partial charge in [0.15, 0.2) is 0 Å². The number of benzene rings is 1. The van der Waals surface area contributed by atoms with Crippen LogP contribution in [0, 0.1) is 5.92 Å². The largest absolute Gasteiger partial charge is 0.462 e. The van der Waals surface area contributed by atoms with Crippen LogP contribution in [0.4, 0.5) is 5.69 Å². The van der Waals surface area contributed by atoms with E-state index in [9.17, 15) is 4.79 Å². The summed E-state index contributed by atoms with van der Waals surface area (Å²) in [6.45, 7) is 7.49. The van der Waals surface area contributed by atoms with E-state index in [1.165, 1.54) is 0 Å². The number of ether oxygens (including phenoxy) is 1. The number of hydrogen-bond acceptors (Lipinski definition) is 3. The third kappa shape index (κ3) is 4.33. The van der Waals surface area contributed by atoms with Crippen molar-refractivity contribution >= 4 is 27.6 Å². The first-order valence-electron chi connectivity index (χ1n) is 6.29. The lowest BCUT2D eigenvalue weighted by Gasteiger charge is -2.13. The van der Waals surface area contributed by atoms with Gasteiger partial charge >= 0.3 is 5.97 Å². The molecule has 0 fully saturated rings. The molecule has 0 amide bonds. The average molecular weight is 314 g/mol. The quantitative estimate of drug-likeness (QED) is 0.804. The molecule has 18 heavy (non-hydrogen) atoms. The number of nitrogens with one attached hydrogen (secondary N) is 1. The summed E-state index contributed by atoms with van der Waals surface area (Å²) >= 11 is 3.47. The minimum absolute atomic E-state index is 0.285. The van der Waals surface area contributed by atoms with Crippen LogP contribution in [0.5, 0.6) is 0 Å². The Labute approximate surface area is 117 Å². The Morgan fingerprint density at radius 2 is 2.17 bits per heavy atom. The fourth-order valence-electron chi connectivity index (χ4n) is 1.43. The molecule has 0 aliphatic heterocycles. The van der Waals surface area contributed by atoms with Crippen LogP contribution in [-0.2, 0) is 4.74 Å². The van der Waals surface area contributed by atoms with Crippen LogP contribution < -0.4 is 5.32 Å². The molecule has 1 rings (SSSR count). The summed E-state index contributed by atoms with van der Waals surface area (Å²) in [7, 11) is 0. The molecule has 1 unspecified atom stereocenters. The Morgan fingerprint density at radius 1 is 1.44 bits per heavy atom. The van der Waals surface area contributed by atoms with Crippen molar-refractivity contribution in [3.63, 3.8) is 0 Å². The summed E-state index contributed by atoms with van der Waals surface area (Å²) in [5.41, 5.74) is 1.57. The normalized spacial score (nSPS) is 12.0. The van der Waals surface area contributed by atoms with Crippen molar-refractivity contribution in [1.29, 1.82) is 0 Å². The van der Waals surface area contributed by atoms with Crippen LogP contribution in [0.1, 0.15) is 37.6 Å². The second-order valence-electron chi connectivity index (χ2n) is 4.31. The van der Waals surface area contributed by atoms with Gasteiger partial charge in [-0.05, 0) is 47.0 Å². The minimum atomic E-state index is -0.285. The zero-order chi connectivity index (χ0) is 13.5. The van der Waals surface area contributed by atoms with E-state index in [0.29, 0.717) is 18.1 Å². The average Bonchev–Trinajstić information content (AvgIpc) is 2.37. The van der Waals surface area contributed by atoms with E-state index in [1.807, 2.05) is 6.07 Å². The molecular weight excluding hydrogens is 294 g/mol. The van der Waals surface area contributed by atoms with Gasteiger partial charge in [0, 0.05) is 16.7 Å². The van der Waals surface area contributed by atoms with E-state index in [1.54, 1.807) is 19.1 Å². The molecule has 100 valence electrons. The SMILES string of the molecule is CCOC(=O)c1ccc(NCC(C)CC)c(Br)c1. The third-order valence-corrected chi connectivity index (χ3v) is 3.47. The van der Waals surface area contributed by atoms with Gasteiger partial charge in [0.2, 0.25) is 0 Å². The van der Waals surface area contributed by atoms with Crippen molar-refractivity contribution in [2.24, 2.45) is 5.92 Å². The number of anilines is 1. The lowest BCUT2D eigenvalue weighted by atomic mass is 10.1. The number of carbonyl (C=O) groups excluding carboxylic acids is 1. The Kier molecular flexibility index (Phi) is 6.19. The Hall–Kier alpha value is -1.03. The zero-order valence-electron chi connectivity index (χ0n) is 11.1. The second-order valence-corrected chi connectivity index (χ2v) is 5.16. The first-order chi connectivity index (χ1) is 8.58. The van der Waals surface area contributed by atoms with E-state index in [2.05, 4.69) is 35.1 Å². The minimum Gasteiger partial charge on any atom is -0.462 e. The van der Waals surface area contributed by atoms with Crippen LogP contribution in [0.2, 0.25) is 0 Å². The molecule has 0 spiro atoms. The highest BCUT2D eigenvalue weighted by Crippen LogP contribution is 2.24. The third-order valence-electron chi connectivity index (χ3n) is 2.82. The van der Waals surface area contributed by atoms with E-state index in [0.717, 1.165) is 23.1 Å². The van der Waals surface area contributed by atoms with E-state index < -0.39 is 0 Å². The summed E-state index contributed by atoms with van der Waals surface area (Å²) in [6, 6.07) is 5.47. The van der Waals surface area contributed by atoms with Crippen LogP contribution >= 0.6 is 15.9 Å². The second kappa shape index (κ2) is 7.41. The highest BCUT2D eigenvalue weighted by molar-refractivity contribution is 9.10. The molecule has 0 heterocycles. The predicted octanol–water partition coefficient (Wildman–Crippen LogP) is 4.08. The first kappa shape index (κ1) is 15.0. The van der Waals surface area contributed by atoms with Crippen LogP contribution in [0.15, 0.2) is 22.7 Å². The van der Waals surface area contributed by atoms with Crippen molar-refractivity contribution < 1.29 is 9.53 Å². The molecule has 1 aromatic carbocycles. The number of halogens is 1. The van der Waals surface area contributed by atoms with Gasteiger partial charge in [-0.2, -0.15) is 0 Å². The van der Waals surface area contributed by atoms with Gasteiger partial charge < -0.3 is 10.1 Å². The maximum atomic E-state index is 11.6. The smallest absolute Gasteiger partial charge is 0.338 e. The molecule has 0 aromatic heterocycles. The molecule has 4 heteroatoms. The number of carbonyl (C=O) groups is 1. The zero-order valence-corrected chi connectivity index (χ0v) is 12.7. The van der Waals surface area contributed by atoms with Gasteiger partial charge in [-0.1, -0.05) is 20.3 Å². The summed E-state index contributed by atoms with van der Waals surface area (Å²) in [6.07, 6.45) is 1.14. The Morgan fingerprint density at radius 3 is 2.72 bits per heavy atom. The van der Waals surface area contributed by atoms with Crippen molar-refractivity contribution in [3.05, 3.63) is 28.2 Å². The molecular formula is C14H20BrNO2. The first-order valence-corrected chi connectivity index (χ1v) is 7.08. The Bertz CT molecular complexity index is 407. The molecule has 0 aliphatic rings. The molecule has 0 saturated heterocycles. The number of hydrogen-bond donors (Lipinski definition) is 1. The molecule has 1 N–H and O–H groups in total. The van der Waals surface area contributed by atoms with Crippen molar-refractivity contribution in [1.82, 2.24) is 0 Å². The highest BCUT2D eigenvalue weighted by atomic mass is 79.9. The molecule has 3 nitrogen and oxygen atoms in total. The van der Waals surface area contributed by atoms with Gasteiger partial charge in [0.25, 0.3) is 0 Å². The molecule has 0 aliphatic carbocycles. The number of rotatable bonds is 6. The monoisotopic (exact) mass is 313 g/mol. The lowest BCUT2D eigenvalue weighted by molar-refractivity contribution is 0.0526. The molecule has 0 saturated carbocycles. The molecule has 0 radical (unpaired) electrons. The summed E-state index contributed by atoms with van der Waals surface area (Å²) < 4.78 is 5.84. The lowest BCUT2D eigenvalue weighted by Crippen LogP contribution is -2.11. The van der Waals surface area contributed by atoms with Crippen molar-refractivity contribution in [2.45, 2.75) is 27.2 Å². The number of esters is 1. The maximum Gasteiger partial charge on any atom is 0.338 e. The van der Waals surface area contributed by atoms with Crippen molar-refractivity contribution in [3.8, 4) is 0 Å². The standard InChI is InChI=1S/C14H20BrNO2/c1-4-10(3)9-16-13-7-6-11(8-12(13)15)14(17)18-5-2/h6-8,10,16H,4-5,9H2,1-3H3. The molecule has 1 atom stereocenters. The highest BCUT2D eigenvalue weighted by Gasteiger charge is 2.09. The van der Waals surface area contributed by atoms with Gasteiger partial charge in [0.1, 0.15) is 0 Å². The van der Waals surface area contributed by atoms with E-state index in [-0.39, 0.29) is 5.97 Å². The Balaban J connectivity index is 2.70. The molecule has 0 bridgehead atoms. The van der Waals surface area contributed by atoms with E-state index >= 15 is 0 Å². The van der Waals surface area contributed by atoms with Crippen LogP contribution in [0.3, 0.4) is 0 Å². The maximum absolute atomic E-state index is 11.6. The van der Waals surface area contributed by atoms with Gasteiger partial charge in [-0.15, -0.1) is 0 Å². The summed E-state index contributed by atoms with van der Waals surface area (Å²) in [5, 5.41) is 3.36. The van der Waals surface area contributed by atoms with Gasteiger partial charge in [0.05, 0.1) is 12.2 Å². The van der Waals surface area contributed by atoms with Crippen molar-refractivity contribution in [2.75, 3.05) is 18.5 Å². The van der Waals surface area contributed by atoms with E-state index in [4.69, 9.17) is 4.74 Å². The summed E-state index contributed by atoms with van der Waals surface area (Å²) in [4.78, 5) is 11.6. The van der Waals surface area contributed by atoms with Crippen LogP contribution in [-0.4, -0.2) is 19.1 Å². The fourth-order valence-corrected chi connectivity index (χ4v) is 1.95. The summed E-state index contributed by atoms with van der Waals surface area (Å²) in [5.74, 6) is 0.341. The van der Waals surface area contributed by atoms with Crippen LogP contribution in [0.25, 0.3) is 0 Å². The topological polar surface area (TPSA) is 38.3 Å². The molecule has 1 aromatic rings. The fraction of sp³-hybridized carbons (Fsp3) is 0.500. The van der Waals surface area contributed by atoms with Gasteiger partial charge in [-0.3, -0.25) is 0 Å².